The molecule has 0 amide bonds. The number of hydrogen-bond acceptors (Lipinski definition) is 2. The van der Waals surface area contributed by atoms with Gasteiger partial charge in [-0.1, -0.05) is 17.7 Å². The Morgan fingerprint density at radius 1 is 1.75 bits per heavy atom. The maximum atomic E-state index is 10.6. The molecule has 0 heterocycles. The van der Waals surface area contributed by atoms with E-state index in [2.05, 4.69) is 6.08 Å². The zero-order chi connectivity index (χ0) is 8.97. The number of rotatable bonds is 2. The Morgan fingerprint density at radius 2 is 2.50 bits per heavy atom. The molecule has 0 aromatic rings. The van der Waals surface area contributed by atoms with Gasteiger partial charge in [0.05, 0.1) is 0 Å². The van der Waals surface area contributed by atoms with E-state index in [0.29, 0.717) is 0 Å². The summed E-state index contributed by atoms with van der Waals surface area (Å²) in [5, 5.41) is 0. The van der Waals surface area contributed by atoms with E-state index in [-0.39, 0.29) is 11.8 Å². The molecule has 1 atom stereocenters. The monoisotopic (exact) mass is 165 g/mol. The standard InChI is InChI=1S/C10H15NO/c1-8(12)5-6-9-3-2-4-10(11)7-9/h3,5-6,10H,2,4,7,11H2,1H3/b6-5+/t10-/m1/s1. The van der Waals surface area contributed by atoms with Crippen LogP contribution in [-0.4, -0.2) is 11.8 Å². The third-order valence-corrected chi connectivity index (χ3v) is 1.97. The molecule has 12 heavy (non-hydrogen) atoms. The molecule has 66 valence electrons. The second-order valence-corrected chi connectivity index (χ2v) is 3.26. The molecule has 0 bridgehead atoms. The van der Waals surface area contributed by atoms with Gasteiger partial charge in [-0.3, -0.25) is 4.79 Å². The number of ketones is 1. The van der Waals surface area contributed by atoms with Crippen molar-refractivity contribution < 1.29 is 4.79 Å². The Bertz CT molecular complexity index is 228. The van der Waals surface area contributed by atoms with Crippen LogP contribution in [0.2, 0.25) is 0 Å². The number of hydrogen-bond donors (Lipinski definition) is 1. The highest BCUT2D eigenvalue weighted by Gasteiger charge is 2.08. The van der Waals surface area contributed by atoms with Gasteiger partial charge in [0, 0.05) is 6.04 Å². The molecule has 0 fully saturated rings. The Balaban J connectivity index is 2.52. The van der Waals surface area contributed by atoms with Crippen LogP contribution in [0, 0.1) is 0 Å². The Hall–Kier alpha value is -0.890. The van der Waals surface area contributed by atoms with Crippen LogP contribution in [0.3, 0.4) is 0 Å². The first-order chi connectivity index (χ1) is 5.68. The normalized spacial score (nSPS) is 24.2. The molecule has 0 radical (unpaired) electrons. The number of allylic oxidation sites excluding steroid dienone is 3. The molecule has 2 nitrogen and oxygen atoms in total. The van der Waals surface area contributed by atoms with Crippen LogP contribution in [0.4, 0.5) is 0 Å². The number of carbonyl (C=O) groups is 1. The van der Waals surface area contributed by atoms with E-state index in [4.69, 9.17) is 5.73 Å². The summed E-state index contributed by atoms with van der Waals surface area (Å²) in [6, 6.07) is 0.279. The number of nitrogens with two attached hydrogens (primary N) is 1. The molecule has 0 aliphatic heterocycles. The van der Waals surface area contributed by atoms with Crippen molar-refractivity contribution in [2.75, 3.05) is 0 Å². The maximum absolute atomic E-state index is 10.6. The fourth-order valence-corrected chi connectivity index (χ4v) is 1.33. The highest BCUT2D eigenvalue weighted by molar-refractivity contribution is 5.87. The van der Waals surface area contributed by atoms with E-state index in [1.54, 1.807) is 13.0 Å². The Morgan fingerprint density at radius 3 is 3.08 bits per heavy atom. The van der Waals surface area contributed by atoms with Gasteiger partial charge in [0.15, 0.2) is 5.78 Å². The second kappa shape index (κ2) is 4.21. The van der Waals surface area contributed by atoms with Crippen LogP contribution in [0.5, 0.6) is 0 Å². The van der Waals surface area contributed by atoms with Gasteiger partial charge in [-0.05, 0) is 32.3 Å². The Labute approximate surface area is 73.1 Å². The van der Waals surface area contributed by atoms with Gasteiger partial charge in [-0.2, -0.15) is 0 Å². The van der Waals surface area contributed by atoms with Crippen LogP contribution < -0.4 is 5.73 Å². The molecule has 1 aliphatic carbocycles. The van der Waals surface area contributed by atoms with Crippen molar-refractivity contribution in [3.05, 3.63) is 23.8 Å². The van der Waals surface area contributed by atoms with Gasteiger partial charge in [0.2, 0.25) is 0 Å². The average molecular weight is 165 g/mol. The molecule has 0 spiro atoms. The van der Waals surface area contributed by atoms with Gasteiger partial charge >= 0.3 is 0 Å². The molecule has 2 heteroatoms. The largest absolute Gasteiger partial charge is 0.327 e. The van der Waals surface area contributed by atoms with Crippen molar-refractivity contribution in [1.29, 1.82) is 0 Å². The van der Waals surface area contributed by atoms with Crippen LogP contribution in [0.15, 0.2) is 23.8 Å². The molecule has 0 aromatic carbocycles. The van der Waals surface area contributed by atoms with Crippen LogP contribution >= 0.6 is 0 Å². The minimum atomic E-state index is 0.0926. The summed E-state index contributed by atoms with van der Waals surface area (Å²) in [4.78, 5) is 10.6. The quantitative estimate of drug-likeness (QED) is 0.631. The van der Waals surface area contributed by atoms with Gasteiger partial charge < -0.3 is 5.73 Å². The van der Waals surface area contributed by atoms with Crippen molar-refractivity contribution in [2.45, 2.75) is 32.2 Å². The van der Waals surface area contributed by atoms with Crippen LogP contribution in [0.25, 0.3) is 0 Å². The second-order valence-electron chi connectivity index (χ2n) is 3.26. The lowest BCUT2D eigenvalue weighted by Crippen LogP contribution is -2.22. The van der Waals surface area contributed by atoms with E-state index in [1.807, 2.05) is 6.08 Å². The van der Waals surface area contributed by atoms with Crippen molar-refractivity contribution >= 4 is 5.78 Å². The minimum Gasteiger partial charge on any atom is -0.327 e. The minimum absolute atomic E-state index is 0.0926. The third kappa shape index (κ3) is 3.01. The fraction of sp³-hybridized carbons (Fsp3) is 0.500. The zero-order valence-electron chi connectivity index (χ0n) is 7.42. The molecule has 2 N–H and O–H groups in total. The van der Waals surface area contributed by atoms with Gasteiger partial charge in [0.1, 0.15) is 0 Å². The SMILES string of the molecule is CC(=O)/C=C/C1=CCC[C@@H](N)C1. The van der Waals surface area contributed by atoms with Crippen molar-refractivity contribution in [1.82, 2.24) is 0 Å². The first-order valence-electron chi connectivity index (χ1n) is 4.32. The lowest BCUT2D eigenvalue weighted by molar-refractivity contribution is -0.112. The van der Waals surface area contributed by atoms with Gasteiger partial charge in [0.25, 0.3) is 0 Å². The predicted molar refractivity (Wildman–Crippen MR) is 49.7 cm³/mol. The first kappa shape index (κ1) is 9.20. The van der Waals surface area contributed by atoms with Crippen molar-refractivity contribution in [3.8, 4) is 0 Å². The lowest BCUT2D eigenvalue weighted by Gasteiger charge is -2.16. The van der Waals surface area contributed by atoms with E-state index >= 15 is 0 Å². The van der Waals surface area contributed by atoms with E-state index in [1.165, 1.54) is 5.57 Å². The smallest absolute Gasteiger partial charge is 0.152 e. The van der Waals surface area contributed by atoms with Crippen LogP contribution in [-0.2, 0) is 4.79 Å². The lowest BCUT2D eigenvalue weighted by atomic mass is 9.95. The van der Waals surface area contributed by atoms with E-state index in [9.17, 15) is 4.79 Å². The predicted octanol–water partition coefficient (Wildman–Crippen LogP) is 1.57. The number of carbonyl (C=O) groups excluding carboxylic acids is 1. The molecular formula is C10H15NO. The third-order valence-electron chi connectivity index (χ3n) is 1.97. The fourth-order valence-electron chi connectivity index (χ4n) is 1.33. The van der Waals surface area contributed by atoms with Crippen molar-refractivity contribution in [3.63, 3.8) is 0 Å². The molecule has 1 aliphatic rings. The van der Waals surface area contributed by atoms with E-state index in [0.717, 1.165) is 19.3 Å². The highest BCUT2D eigenvalue weighted by Crippen LogP contribution is 2.17. The molecular weight excluding hydrogens is 150 g/mol. The van der Waals surface area contributed by atoms with E-state index < -0.39 is 0 Å². The topological polar surface area (TPSA) is 43.1 Å². The summed E-state index contributed by atoms with van der Waals surface area (Å²) < 4.78 is 0. The molecule has 0 aromatic heterocycles. The van der Waals surface area contributed by atoms with Gasteiger partial charge in [-0.15, -0.1) is 0 Å². The van der Waals surface area contributed by atoms with Crippen LogP contribution in [0.1, 0.15) is 26.2 Å². The summed E-state index contributed by atoms with van der Waals surface area (Å²) in [7, 11) is 0. The summed E-state index contributed by atoms with van der Waals surface area (Å²) >= 11 is 0. The molecule has 1 rings (SSSR count). The first-order valence-corrected chi connectivity index (χ1v) is 4.32. The zero-order valence-corrected chi connectivity index (χ0v) is 7.42. The summed E-state index contributed by atoms with van der Waals surface area (Å²) in [5.74, 6) is 0.0926. The summed E-state index contributed by atoms with van der Waals surface area (Å²) in [6.45, 7) is 1.56. The van der Waals surface area contributed by atoms with Gasteiger partial charge in [-0.25, -0.2) is 0 Å². The van der Waals surface area contributed by atoms with Crippen molar-refractivity contribution in [2.24, 2.45) is 5.73 Å². The summed E-state index contributed by atoms with van der Waals surface area (Å²) in [6.07, 6.45) is 8.65. The molecule has 0 unspecified atom stereocenters. The highest BCUT2D eigenvalue weighted by atomic mass is 16.1. The molecule has 0 saturated heterocycles. The summed E-state index contributed by atoms with van der Waals surface area (Å²) in [5.41, 5.74) is 6.97. The molecule has 0 saturated carbocycles. The Kier molecular flexibility index (Phi) is 3.23. The average Bonchev–Trinajstić information content (AvgIpc) is 2.01. The maximum Gasteiger partial charge on any atom is 0.152 e.